The Morgan fingerprint density at radius 3 is 2.50 bits per heavy atom. The van der Waals surface area contributed by atoms with Crippen LogP contribution >= 0.6 is 11.6 Å². The van der Waals surface area contributed by atoms with Crippen LogP contribution in [0.15, 0.2) is 30.3 Å². The standard InChI is InChI=1S/C14H9ClF3N3O3/c1-7-9(3-5-12(19-7)14(16,17)18)13(22)20-8-2-4-10(15)11(6-8)21(23)24/h2-6H,1H3,(H,20,22). The van der Waals surface area contributed by atoms with Crippen LogP contribution in [0.25, 0.3) is 0 Å². The van der Waals surface area contributed by atoms with Crippen molar-refractivity contribution >= 4 is 28.9 Å². The number of aryl methyl sites for hydroxylation is 1. The Hall–Kier alpha value is -2.68. The van der Waals surface area contributed by atoms with Crippen LogP contribution in [-0.2, 0) is 6.18 Å². The van der Waals surface area contributed by atoms with Crippen molar-refractivity contribution in [2.75, 3.05) is 5.32 Å². The number of nitro groups is 1. The molecule has 0 spiro atoms. The Kier molecular flexibility index (Phi) is 4.74. The number of halogens is 4. The third-order valence-electron chi connectivity index (χ3n) is 3.02. The monoisotopic (exact) mass is 359 g/mol. The second-order valence-corrected chi connectivity index (χ2v) is 5.11. The van der Waals surface area contributed by atoms with Crippen molar-refractivity contribution in [3.8, 4) is 0 Å². The zero-order valence-electron chi connectivity index (χ0n) is 12.0. The number of aromatic nitrogens is 1. The molecule has 0 radical (unpaired) electrons. The third-order valence-corrected chi connectivity index (χ3v) is 3.34. The summed E-state index contributed by atoms with van der Waals surface area (Å²) in [5, 5.41) is 13.1. The Morgan fingerprint density at radius 1 is 1.29 bits per heavy atom. The van der Waals surface area contributed by atoms with Gasteiger partial charge in [0.25, 0.3) is 11.6 Å². The molecule has 1 N–H and O–H groups in total. The van der Waals surface area contributed by atoms with Gasteiger partial charge in [-0.1, -0.05) is 11.6 Å². The molecule has 0 aliphatic heterocycles. The van der Waals surface area contributed by atoms with Gasteiger partial charge in [0, 0.05) is 11.8 Å². The van der Waals surface area contributed by atoms with Crippen LogP contribution in [0.5, 0.6) is 0 Å². The average molecular weight is 360 g/mol. The van der Waals surface area contributed by atoms with Gasteiger partial charge in [0.2, 0.25) is 0 Å². The molecule has 0 bridgehead atoms. The topological polar surface area (TPSA) is 85.1 Å². The van der Waals surface area contributed by atoms with Crippen molar-refractivity contribution in [2.24, 2.45) is 0 Å². The van der Waals surface area contributed by atoms with Crippen molar-refractivity contribution < 1.29 is 22.9 Å². The minimum atomic E-state index is -4.61. The maximum Gasteiger partial charge on any atom is 0.433 e. The largest absolute Gasteiger partial charge is 0.433 e. The van der Waals surface area contributed by atoms with E-state index in [1.165, 1.54) is 19.1 Å². The first-order valence-electron chi connectivity index (χ1n) is 6.39. The summed E-state index contributed by atoms with van der Waals surface area (Å²) in [6, 6.07) is 5.29. The molecule has 2 rings (SSSR count). The smallest absolute Gasteiger partial charge is 0.322 e. The number of rotatable bonds is 3. The highest BCUT2D eigenvalue weighted by Crippen LogP contribution is 2.29. The highest BCUT2D eigenvalue weighted by molar-refractivity contribution is 6.32. The molecule has 0 unspecified atom stereocenters. The molecule has 2 aromatic rings. The molecule has 126 valence electrons. The summed E-state index contributed by atoms with van der Waals surface area (Å²) in [6.07, 6.45) is -4.61. The van der Waals surface area contributed by atoms with Crippen molar-refractivity contribution in [2.45, 2.75) is 13.1 Å². The number of amides is 1. The van der Waals surface area contributed by atoms with E-state index in [9.17, 15) is 28.1 Å². The van der Waals surface area contributed by atoms with E-state index in [4.69, 9.17) is 11.6 Å². The predicted molar refractivity (Wildman–Crippen MR) is 80.0 cm³/mol. The lowest BCUT2D eigenvalue weighted by molar-refractivity contribution is -0.384. The predicted octanol–water partition coefficient (Wildman–Crippen LogP) is 4.22. The zero-order chi connectivity index (χ0) is 18.1. The van der Waals surface area contributed by atoms with Gasteiger partial charge in [0.15, 0.2) is 0 Å². The molecule has 0 saturated heterocycles. The molecule has 0 aliphatic rings. The van der Waals surface area contributed by atoms with Crippen LogP contribution in [0.3, 0.4) is 0 Å². The summed E-state index contributed by atoms with van der Waals surface area (Å²) in [5.74, 6) is -0.745. The average Bonchev–Trinajstić information content (AvgIpc) is 2.47. The molecule has 0 fully saturated rings. The number of benzene rings is 1. The van der Waals surface area contributed by atoms with E-state index >= 15 is 0 Å². The molecule has 0 atom stereocenters. The highest BCUT2D eigenvalue weighted by Gasteiger charge is 2.33. The van der Waals surface area contributed by atoms with Crippen molar-refractivity contribution in [3.63, 3.8) is 0 Å². The minimum Gasteiger partial charge on any atom is -0.322 e. The Bertz CT molecular complexity index is 825. The Balaban J connectivity index is 2.28. The normalized spacial score (nSPS) is 11.2. The summed E-state index contributed by atoms with van der Waals surface area (Å²) in [7, 11) is 0. The van der Waals surface area contributed by atoms with Crippen LogP contribution < -0.4 is 5.32 Å². The van der Waals surface area contributed by atoms with Crippen molar-refractivity contribution in [1.82, 2.24) is 4.98 Å². The first-order valence-corrected chi connectivity index (χ1v) is 6.77. The molecule has 1 aromatic carbocycles. The third kappa shape index (κ3) is 3.80. The summed E-state index contributed by atoms with van der Waals surface area (Å²) in [4.78, 5) is 25.6. The summed E-state index contributed by atoms with van der Waals surface area (Å²) < 4.78 is 37.7. The van der Waals surface area contributed by atoms with Crippen LogP contribution in [0.4, 0.5) is 24.5 Å². The van der Waals surface area contributed by atoms with E-state index < -0.39 is 28.4 Å². The van der Waals surface area contributed by atoms with Gasteiger partial charge in [-0.2, -0.15) is 13.2 Å². The maximum atomic E-state index is 12.6. The molecule has 6 nitrogen and oxygen atoms in total. The number of carbonyl (C=O) groups excluding carboxylic acids is 1. The molecule has 24 heavy (non-hydrogen) atoms. The first-order chi connectivity index (χ1) is 11.1. The quantitative estimate of drug-likeness (QED) is 0.656. The van der Waals surface area contributed by atoms with E-state index in [2.05, 4.69) is 10.3 Å². The second kappa shape index (κ2) is 6.44. The van der Waals surface area contributed by atoms with Gasteiger partial charge in [-0.05, 0) is 31.2 Å². The first kappa shape index (κ1) is 17.7. The molecule has 0 saturated carbocycles. The lowest BCUT2D eigenvalue weighted by Gasteiger charge is -2.10. The molecular weight excluding hydrogens is 351 g/mol. The van der Waals surface area contributed by atoms with E-state index in [0.717, 1.165) is 12.1 Å². The van der Waals surface area contributed by atoms with Crippen molar-refractivity contribution in [3.05, 3.63) is 62.4 Å². The zero-order valence-corrected chi connectivity index (χ0v) is 12.8. The van der Waals surface area contributed by atoms with Gasteiger partial charge in [0.05, 0.1) is 16.2 Å². The number of pyridine rings is 1. The fourth-order valence-electron chi connectivity index (χ4n) is 1.89. The minimum absolute atomic E-state index is 0.0791. The summed E-state index contributed by atoms with van der Waals surface area (Å²) >= 11 is 5.66. The van der Waals surface area contributed by atoms with Gasteiger partial charge in [-0.25, -0.2) is 4.98 Å². The van der Waals surface area contributed by atoms with E-state index in [0.29, 0.717) is 6.07 Å². The molecule has 1 heterocycles. The number of hydrogen-bond donors (Lipinski definition) is 1. The summed E-state index contributed by atoms with van der Waals surface area (Å²) in [5.41, 5.74) is -1.64. The van der Waals surface area contributed by atoms with Crippen LogP contribution in [0.2, 0.25) is 5.02 Å². The number of hydrogen-bond acceptors (Lipinski definition) is 4. The van der Waals surface area contributed by atoms with E-state index in [1.54, 1.807) is 0 Å². The Labute approximate surface area is 138 Å². The number of nitro benzene ring substituents is 1. The number of alkyl halides is 3. The van der Waals surface area contributed by atoms with E-state index in [-0.39, 0.29) is 22.0 Å². The number of nitrogens with one attached hydrogen (secondary N) is 1. The molecule has 1 aromatic heterocycles. The van der Waals surface area contributed by atoms with Crippen LogP contribution in [0.1, 0.15) is 21.7 Å². The van der Waals surface area contributed by atoms with Crippen LogP contribution in [-0.4, -0.2) is 15.8 Å². The fraction of sp³-hybridized carbons (Fsp3) is 0.143. The fourth-order valence-corrected chi connectivity index (χ4v) is 2.07. The van der Waals surface area contributed by atoms with Gasteiger partial charge in [0.1, 0.15) is 10.7 Å². The number of carbonyl (C=O) groups is 1. The number of nitrogens with zero attached hydrogens (tertiary/aromatic N) is 2. The maximum absolute atomic E-state index is 12.6. The van der Waals surface area contributed by atoms with Crippen LogP contribution in [0, 0.1) is 17.0 Å². The molecular formula is C14H9ClF3N3O3. The van der Waals surface area contributed by atoms with Gasteiger partial charge < -0.3 is 5.32 Å². The summed E-state index contributed by atoms with van der Waals surface area (Å²) in [6.45, 7) is 1.26. The van der Waals surface area contributed by atoms with Gasteiger partial charge >= 0.3 is 6.18 Å². The van der Waals surface area contributed by atoms with Gasteiger partial charge in [-0.15, -0.1) is 0 Å². The second-order valence-electron chi connectivity index (χ2n) is 4.70. The highest BCUT2D eigenvalue weighted by atomic mass is 35.5. The number of anilines is 1. The van der Waals surface area contributed by atoms with Crippen molar-refractivity contribution in [1.29, 1.82) is 0 Å². The van der Waals surface area contributed by atoms with Gasteiger partial charge in [-0.3, -0.25) is 14.9 Å². The molecule has 10 heteroatoms. The molecule has 0 aliphatic carbocycles. The Morgan fingerprint density at radius 2 is 1.96 bits per heavy atom. The SMILES string of the molecule is Cc1nc(C(F)(F)F)ccc1C(=O)Nc1ccc(Cl)c([N+](=O)[O-])c1. The lowest BCUT2D eigenvalue weighted by Crippen LogP contribution is -2.16. The van der Waals surface area contributed by atoms with E-state index in [1.807, 2.05) is 0 Å². The molecule has 1 amide bonds. The lowest BCUT2D eigenvalue weighted by atomic mass is 10.1.